The Morgan fingerprint density at radius 1 is 0.375 bits per heavy atom. The Labute approximate surface area is 515 Å². The average Bonchev–Trinajstić information content (AvgIpc) is 3.41. The average molecular weight is 1280 g/mol. The minimum Gasteiger partial charge on any atom is -0.370 e. The predicted octanol–water partition coefficient (Wildman–Crippen LogP) is -0.753. The van der Waals surface area contributed by atoms with E-state index in [0.29, 0.717) is 104 Å². The summed E-state index contributed by atoms with van der Waals surface area (Å²) in [5.74, 6) is 16.3. The molecule has 0 bridgehead atoms. The first-order valence-electron chi connectivity index (χ1n) is 28.1. The van der Waals surface area contributed by atoms with Crippen molar-refractivity contribution < 1.29 is 29.2 Å². The lowest BCUT2D eigenvalue weighted by molar-refractivity contribution is -0.459. The maximum absolute atomic E-state index is 13.3. The fourth-order valence-corrected chi connectivity index (χ4v) is 15.0. The van der Waals surface area contributed by atoms with Crippen molar-refractivity contribution in [1.29, 1.82) is 0 Å². The molecule has 0 heterocycles. The molecule has 0 fully saturated rings. The van der Waals surface area contributed by atoms with Gasteiger partial charge in [0.25, 0.3) is 0 Å². The van der Waals surface area contributed by atoms with E-state index in [9.17, 15) is 19.2 Å². The molecule has 20 N–H and O–H groups in total. The van der Waals surface area contributed by atoms with Crippen LogP contribution < -0.4 is 61.6 Å². The second kappa shape index (κ2) is 56.9. The summed E-state index contributed by atoms with van der Waals surface area (Å²) in [4.78, 5) is 73.7. The van der Waals surface area contributed by atoms with E-state index in [-0.39, 0.29) is 47.5 Å². The molecule has 0 aromatic heterocycles. The van der Waals surface area contributed by atoms with E-state index < -0.39 is 0 Å². The van der Waals surface area contributed by atoms with Crippen molar-refractivity contribution >= 4 is 142 Å². The lowest BCUT2D eigenvalue weighted by Crippen LogP contribution is -2.79. The lowest BCUT2D eigenvalue weighted by atomic mass is 10.3. The topological polar surface area (TPSA) is 368 Å². The largest absolute Gasteiger partial charge is 0.370 e. The smallest absolute Gasteiger partial charge is 0.338 e. The normalized spacial score (nSPS) is 10.9. The Morgan fingerprint density at radius 2 is 0.650 bits per heavy atom. The van der Waals surface area contributed by atoms with E-state index in [2.05, 4.69) is 26.5 Å². The third-order valence-corrected chi connectivity index (χ3v) is 20.2. The second-order valence-corrected chi connectivity index (χ2v) is 28.0. The SMILES string of the molecule is C=CCN(CC[NH+]=C(N)N)C(=O)CCSCCCSCCCN(CC[NH+]=C(N)N)C(=O)CCSCCCSCCCN(CCN=C(N)N)C(=O)CCSCCCSCCCN(CCN=C(N)N)C(=O)CCSCCCSCCCN. The Balaban J connectivity index is 4.43. The summed E-state index contributed by atoms with van der Waals surface area (Å²) in [7, 11) is 0. The number of hydrogen-bond acceptors (Lipinski definition) is 15. The zero-order chi connectivity index (χ0) is 59.1. The predicted molar refractivity (Wildman–Crippen MR) is 359 cm³/mol. The Morgan fingerprint density at radius 3 is 0.950 bits per heavy atom. The molecule has 4 amide bonds. The molecule has 29 heteroatoms. The molecule has 0 unspecified atom stereocenters. The third kappa shape index (κ3) is 51.1. The highest BCUT2D eigenvalue weighted by Crippen LogP contribution is 2.16. The molecule has 0 atom stereocenters. The van der Waals surface area contributed by atoms with E-state index in [1.807, 2.05) is 97.0 Å². The number of aliphatic imine (C=N–C) groups is 2. The number of carbonyl (C=O) groups excluding carboxylic acids is 4. The zero-order valence-corrected chi connectivity index (χ0v) is 54.6. The molecule has 0 aliphatic carbocycles. The third-order valence-electron chi connectivity index (χ3n) is 11.3. The molecule has 0 saturated carbocycles. The highest BCUT2D eigenvalue weighted by Gasteiger charge is 2.17. The molecule has 0 radical (unpaired) electrons. The minimum atomic E-state index is 0.0265. The number of thioether (sulfide) groups is 8. The van der Waals surface area contributed by atoms with Gasteiger partial charge >= 0.3 is 11.9 Å². The van der Waals surface area contributed by atoms with E-state index in [0.717, 1.165) is 150 Å². The van der Waals surface area contributed by atoms with Crippen molar-refractivity contribution in [3.8, 4) is 0 Å². The standard InChI is InChI=1S/C51H103N17O4S8/c1-2-20-65(24-16-61-48(53)54)44(69)11-40-77-37-8-33-74-29-4-22-67(26-18-63-50(57)58)46(71)13-42-79-39-10-35-76-31-6-23-68(27-19-64-51(59)60)47(72)14-43-80-38-9-34-75-30-5-21-66(25-17-62-49(55)56)45(70)12-41-78-36-7-32-73-28-3-15-52/h2H,1,3-43,52H2,(H4,53,54,61)(H4,55,56,62)(H4,57,58,63)(H4,59,60,64)/p+2. The molecule has 0 aromatic rings. The number of nitrogens with one attached hydrogen (secondary N) is 2. The number of carbonyl (C=O) groups is 4. The van der Waals surface area contributed by atoms with Gasteiger partial charge in [0.1, 0.15) is 0 Å². The van der Waals surface area contributed by atoms with E-state index >= 15 is 0 Å². The summed E-state index contributed by atoms with van der Waals surface area (Å²) in [5.41, 5.74) is 49.9. The van der Waals surface area contributed by atoms with Gasteiger partial charge in [0.05, 0.1) is 39.3 Å². The number of amides is 4. The van der Waals surface area contributed by atoms with Crippen molar-refractivity contribution in [3.63, 3.8) is 0 Å². The first-order valence-corrected chi connectivity index (χ1v) is 37.3. The van der Waals surface area contributed by atoms with Gasteiger partial charge in [-0.05, 0) is 127 Å². The highest BCUT2D eigenvalue weighted by molar-refractivity contribution is 8.01. The van der Waals surface area contributed by atoms with E-state index in [4.69, 9.17) is 51.6 Å². The van der Waals surface area contributed by atoms with Crippen molar-refractivity contribution in [2.45, 2.75) is 77.0 Å². The van der Waals surface area contributed by atoms with Crippen molar-refractivity contribution in [2.24, 2.45) is 61.6 Å². The molecule has 80 heavy (non-hydrogen) atoms. The molecule has 0 aliphatic rings. The lowest BCUT2D eigenvalue weighted by Gasteiger charge is -2.22. The van der Waals surface area contributed by atoms with Gasteiger partial charge in [0.15, 0.2) is 11.9 Å². The van der Waals surface area contributed by atoms with Gasteiger partial charge in [-0.2, -0.15) is 94.1 Å². The first-order chi connectivity index (χ1) is 38.7. The van der Waals surface area contributed by atoms with Crippen molar-refractivity contribution in [3.05, 3.63) is 12.7 Å². The molecule has 0 aromatic carbocycles. The molecule has 0 spiro atoms. The Bertz CT molecular complexity index is 1710. The number of nitrogens with zero attached hydrogens (tertiary/aromatic N) is 6. The molecule has 0 aliphatic heterocycles. The summed E-state index contributed by atoms with van der Waals surface area (Å²) in [6, 6.07) is 0. The van der Waals surface area contributed by atoms with Crippen LogP contribution in [0.3, 0.4) is 0 Å². The minimum absolute atomic E-state index is 0.0265. The zero-order valence-electron chi connectivity index (χ0n) is 48.1. The quantitative estimate of drug-likeness (QED) is 0.0154. The first kappa shape index (κ1) is 77.5. The van der Waals surface area contributed by atoms with Gasteiger partial charge in [-0.1, -0.05) is 6.08 Å². The van der Waals surface area contributed by atoms with E-state index in [1.54, 1.807) is 22.7 Å². The van der Waals surface area contributed by atoms with Crippen LogP contribution in [0.1, 0.15) is 77.0 Å². The molecule has 21 nitrogen and oxygen atoms in total. The van der Waals surface area contributed by atoms with Crippen LogP contribution in [0.15, 0.2) is 22.6 Å². The summed E-state index contributed by atoms with van der Waals surface area (Å²) in [6.07, 6.45) is 11.8. The van der Waals surface area contributed by atoms with Crippen LogP contribution in [0, 0.1) is 0 Å². The summed E-state index contributed by atoms with van der Waals surface area (Å²) >= 11 is 14.9. The molecular weight excluding hydrogens is 1170 g/mol. The maximum Gasteiger partial charge on any atom is 0.338 e. The number of guanidine groups is 4. The Kier molecular flexibility index (Phi) is 55.1. The van der Waals surface area contributed by atoms with Crippen LogP contribution >= 0.6 is 94.1 Å². The van der Waals surface area contributed by atoms with Gasteiger partial charge in [-0.25, -0.2) is 0 Å². The second-order valence-electron chi connectivity index (χ2n) is 18.2. The summed E-state index contributed by atoms with van der Waals surface area (Å²) in [5, 5.41) is 0. The Hall–Kier alpha value is -2.54. The summed E-state index contributed by atoms with van der Waals surface area (Å²) < 4.78 is 0. The van der Waals surface area contributed by atoms with Crippen LogP contribution in [-0.4, -0.2) is 244 Å². The van der Waals surface area contributed by atoms with Crippen LogP contribution in [0.5, 0.6) is 0 Å². The van der Waals surface area contributed by atoms with Gasteiger partial charge < -0.3 is 48.3 Å². The number of hydrogen-bond donors (Lipinski definition) is 11. The van der Waals surface area contributed by atoms with E-state index in [1.165, 1.54) is 0 Å². The molecule has 0 saturated heterocycles. The molecular formula is C51H105N17O4S8+2. The number of nitrogens with two attached hydrogens (primary N) is 9. The molecule has 464 valence electrons. The van der Waals surface area contributed by atoms with Gasteiger partial charge in [-0.3, -0.25) is 62.1 Å². The monoisotopic (exact) mass is 1280 g/mol. The molecule has 0 rings (SSSR count). The van der Waals surface area contributed by atoms with Gasteiger partial charge in [0, 0.05) is 88.0 Å². The van der Waals surface area contributed by atoms with Crippen molar-refractivity contribution in [1.82, 2.24) is 19.6 Å². The van der Waals surface area contributed by atoms with Crippen LogP contribution in [-0.2, 0) is 19.2 Å². The number of rotatable bonds is 57. The van der Waals surface area contributed by atoms with Gasteiger partial charge in [0.2, 0.25) is 23.6 Å². The van der Waals surface area contributed by atoms with Crippen LogP contribution in [0.25, 0.3) is 0 Å². The van der Waals surface area contributed by atoms with Gasteiger partial charge in [-0.15, -0.1) is 6.58 Å². The maximum atomic E-state index is 13.3. The summed E-state index contributed by atoms with van der Waals surface area (Å²) in [6.45, 7) is 10.9. The fourth-order valence-electron chi connectivity index (χ4n) is 7.22. The van der Waals surface area contributed by atoms with Crippen LogP contribution in [0.4, 0.5) is 0 Å². The van der Waals surface area contributed by atoms with Crippen molar-refractivity contribution in [2.75, 3.05) is 177 Å². The highest BCUT2D eigenvalue weighted by atomic mass is 32.2. The van der Waals surface area contributed by atoms with Crippen LogP contribution in [0.2, 0.25) is 0 Å². The fraction of sp³-hybridized carbons (Fsp3) is 0.804.